The van der Waals surface area contributed by atoms with Crippen LogP contribution in [0.1, 0.15) is 17.0 Å². The Morgan fingerprint density at radius 2 is 1.70 bits per heavy atom. The van der Waals surface area contributed by atoms with Crippen molar-refractivity contribution < 1.29 is 9.59 Å². The summed E-state index contributed by atoms with van der Waals surface area (Å²) < 4.78 is 0.678. The number of para-hydroxylation sites is 1. The number of likely N-dealkylation sites (N-methyl/N-ethyl adjacent to an activating group) is 1. The minimum absolute atomic E-state index is 0.185. The molecule has 30 heavy (non-hydrogen) atoms. The number of nitrogens with zero attached hydrogens (tertiary/aromatic N) is 1. The SMILES string of the molecule is C[N+](C)(C)CC(c1c[nH]c2ccccc12)c1c(=O)c(O)c2[nH]ccc3[nH]ccc1c32. The lowest BCUT2D eigenvalue weighted by Gasteiger charge is -2.30. The highest BCUT2D eigenvalue weighted by atomic mass is 16.3. The molecule has 3 heterocycles. The third kappa shape index (κ3) is 2.80. The Kier molecular flexibility index (Phi) is 4.01. The van der Waals surface area contributed by atoms with Gasteiger partial charge in [-0.3, -0.25) is 4.79 Å². The molecule has 2 aromatic carbocycles. The van der Waals surface area contributed by atoms with E-state index in [1.807, 2.05) is 42.7 Å². The number of H-pyrrole nitrogens is 3. The zero-order valence-corrected chi connectivity index (χ0v) is 17.3. The van der Waals surface area contributed by atoms with Gasteiger partial charge in [0.25, 0.3) is 0 Å². The van der Waals surface area contributed by atoms with Crippen LogP contribution >= 0.6 is 0 Å². The predicted molar refractivity (Wildman–Crippen MR) is 121 cm³/mol. The van der Waals surface area contributed by atoms with Gasteiger partial charge in [0.1, 0.15) is 0 Å². The van der Waals surface area contributed by atoms with Gasteiger partial charge < -0.3 is 24.5 Å². The van der Waals surface area contributed by atoms with Crippen molar-refractivity contribution >= 4 is 32.7 Å². The Bertz CT molecular complexity index is 1440. The number of pyridine rings is 2. The highest BCUT2D eigenvalue weighted by molar-refractivity contribution is 6.10. The molecule has 5 aromatic rings. The van der Waals surface area contributed by atoms with E-state index in [1.54, 1.807) is 6.20 Å². The van der Waals surface area contributed by atoms with Crippen molar-refractivity contribution in [2.45, 2.75) is 5.92 Å². The monoisotopic (exact) mass is 401 g/mol. The summed E-state index contributed by atoms with van der Waals surface area (Å²) in [6, 6.07) is 12.0. The molecular formula is C24H25N4O2+. The zero-order chi connectivity index (χ0) is 21.0. The summed E-state index contributed by atoms with van der Waals surface area (Å²) in [6.45, 7) is 0.711. The van der Waals surface area contributed by atoms with E-state index in [4.69, 9.17) is 0 Å². The third-order valence-corrected chi connectivity index (χ3v) is 5.82. The summed E-state index contributed by atoms with van der Waals surface area (Å²) in [5, 5.41) is 13.7. The van der Waals surface area contributed by atoms with Crippen molar-refractivity contribution in [3.63, 3.8) is 0 Å². The van der Waals surface area contributed by atoms with E-state index < -0.39 is 0 Å². The molecule has 0 amide bonds. The second-order valence-corrected chi connectivity index (χ2v) is 8.94. The second kappa shape index (κ2) is 6.50. The molecule has 0 aliphatic heterocycles. The van der Waals surface area contributed by atoms with Crippen molar-refractivity contribution in [1.82, 2.24) is 15.0 Å². The highest BCUT2D eigenvalue weighted by Crippen LogP contribution is 2.38. The normalized spacial score (nSPS) is 13.4. The minimum atomic E-state index is -0.318. The van der Waals surface area contributed by atoms with Gasteiger partial charge in [-0.1, -0.05) is 18.2 Å². The van der Waals surface area contributed by atoms with E-state index in [0.717, 1.165) is 32.8 Å². The van der Waals surface area contributed by atoms with Crippen LogP contribution in [0, 0.1) is 0 Å². The number of phenols is 1. The number of phenolic OH excluding ortho intramolecular Hbond substituents is 1. The summed E-state index contributed by atoms with van der Waals surface area (Å²) in [7, 11) is 6.36. The molecule has 1 atom stereocenters. The van der Waals surface area contributed by atoms with Crippen LogP contribution in [0.3, 0.4) is 0 Å². The number of hydrogen-bond acceptors (Lipinski definition) is 2. The molecule has 0 aliphatic rings. The van der Waals surface area contributed by atoms with Crippen LogP contribution in [0.2, 0.25) is 0 Å². The van der Waals surface area contributed by atoms with Crippen molar-refractivity contribution in [3.05, 3.63) is 76.3 Å². The van der Waals surface area contributed by atoms with Crippen molar-refractivity contribution in [2.24, 2.45) is 0 Å². The van der Waals surface area contributed by atoms with Gasteiger partial charge in [0.2, 0.25) is 5.43 Å². The van der Waals surface area contributed by atoms with Gasteiger partial charge >= 0.3 is 0 Å². The molecule has 1 unspecified atom stereocenters. The summed E-state index contributed by atoms with van der Waals surface area (Å²) >= 11 is 0. The summed E-state index contributed by atoms with van der Waals surface area (Å²) in [6.07, 6.45) is 5.59. The first-order valence-corrected chi connectivity index (χ1v) is 10.0. The lowest BCUT2D eigenvalue weighted by atomic mass is 9.86. The maximum absolute atomic E-state index is 13.5. The Hall–Kier alpha value is -3.51. The van der Waals surface area contributed by atoms with Gasteiger partial charge in [0, 0.05) is 46.0 Å². The first-order valence-electron chi connectivity index (χ1n) is 10.0. The van der Waals surface area contributed by atoms with E-state index >= 15 is 0 Å². The van der Waals surface area contributed by atoms with Crippen molar-refractivity contribution in [2.75, 3.05) is 27.7 Å². The zero-order valence-electron chi connectivity index (χ0n) is 17.3. The van der Waals surface area contributed by atoms with E-state index in [2.05, 4.69) is 42.2 Å². The standard InChI is InChI=1S/C24H24N4O2/c1-28(2,3)13-17(16-12-27-18-7-5-4-6-14(16)18)20-15-8-10-25-19-9-11-26-22(21(15)19)24(30)23(20)29/h4-12,17,27H,13H2,1-3H3,(H2-,25,26,29,30)/p+1. The summed E-state index contributed by atoms with van der Waals surface area (Å²) in [5.74, 6) is -0.413. The molecule has 0 fully saturated rings. The molecule has 5 rings (SSSR count). The van der Waals surface area contributed by atoms with Gasteiger partial charge in [0.15, 0.2) is 5.75 Å². The molecule has 6 heteroatoms. The van der Waals surface area contributed by atoms with Crippen LogP contribution in [0.5, 0.6) is 5.75 Å². The topological polar surface area (TPSA) is 84.7 Å². The number of nitrogens with one attached hydrogen (secondary N) is 3. The molecule has 0 saturated carbocycles. The van der Waals surface area contributed by atoms with E-state index in [9.17, 15) is 9.90 Å². The molecule has 0 aliphatic carbocycles. The molecule has 0 bridgehead atoms. The summed E-state index contributed by atoms with van der Waals surface area (Å²) in [5.41, 5.74) is 3.77. The van der Waals surface area contributed by atoms with Crippen molar-refractivity contribution in [1.29, 1.82) is 0 Å². The molecular weight excluding hydrogens is 376 g/mol. The van der Waals surface area contributed by atoms with Gasteiger partial charge in [0.05, 0.1) is 39.1 Å². The van der Waals surface area contributed by atoms with Gasteiger partial charge in [-0.15, -0.1) is 0 Å². The van der Waals surface area contributed by atoms with Gasteiger partial charge in [-0.25, -0.2) is 0 Å². The number of rotatable bonds is 4. The Morgan fingerprint density at radius 3 is 2.50 bits per heavy atom. The first kappa shape index (κ1) is 18.5. The average Bonchev–Trinajstić information content (AvgIpc) is 3.14. The smallest absolute Gasteiger partial charge is 0.226 e. The summed E-state index contributed by atoms with van der Waals surface area (Å²) in [4.78, 5) is 23.1. The van der Waals surface area contributed by atoms with Gasteiger partial charge in [-0.05, 0) is 29.1 Å². The first-order chi connectivity index (χ1) is 14.3. The maximum atomic E-state index is 13.5. The Morgan fingerprint density at radius 1 is 0.933 bits per heavy atom. The maximum Gasteiger partial charge on any atom is 0.226 e. The lowest BCUT2D eigenvalue weighted by Crippen LogP contribution is -2.39. The fourth-order valence-corrected chi connectivity index (χ4v) is 4.59. The van der Waals surface area contributed by atoms with Crippen LogP contribution in [-0.2, 0) is 0 Å². The lowest BCUT2D eigenvalue weighted by molar-refractivity contribution is -0.871. The number of aromatic amines is 3. The fourth-order valence-electron chi connectivity index (χ4n) is 4.59. The quantitative estimate of drug-likeness (QED) is 0.343. The largest absolute Gasteiger partial charge is 0.503 e. The van der Waals surface area contributed by atoms with E-state index in [0.29, 0.717) is 22.1 Å². The predicted octanol–water partition coefficient (Wildman–Crippen LogP) is 4.03. The van der Waals surface area contributed by atoms with Crippen LogP contribution in [0.15, 0.2) is 59.8 Å². The second-order valence-electron chi connectivity index (χ2n) is 8.94. The molecule has 152 valence electrons. The average molecular weight is 401 g/mol. The number of quaternary nitrogens is 1. The number of aromatic nitrogens is 3. The molecule has 0 spiro atoms. The van der Waals surface area contributed by atoms with Gasteiger partial charge in [-0.2, -0.15) is 0 Å². The minimum Gasteiger partial charge on any atom is -0.503 e. The van der Waals surface area contributed by atoms with Crippen LogP contribution < -0.4 is 5.43 Å². The number of fused-ring (bicyclic) bond motifs is 1. The van der Waals surface area contributed by atoms with Crippen LogP contribution in [0.4, 0.5) is 0 Å². The van der Waals surface area contributed by atoms with E-state index in [1.165, 1.54) is 0 Å². The molecule has 0 radical (unpaired) electrons. The molecule has 0 saturated heterocycles. The van der Waals surface area contributed by atoms with Crippen LogP contribution in [-0.4, -0.2) is 52.2 Å². The number of hydrogen-bond donors (Lipinski definition) is 4. The molecule has 4 N–H and O–H groups in total. The van der Waals surface area contributed by atoms with Crippen molar-refractivity contribution in [3.8, 4) is 5.75 Å². The van der Waals surface area contributed by atoms with E-state index in [-0.39, 0.29) is 17.1 Å². The Labute approximate surface area is 173 Å². The fraction of sp³-hybridized carbons (Fsp3) is 0.208. The molecule has 3 aromatic heterocycles. The number of benzene rings is 2. The molecule has 6 nitrogen and oxygen atoms in total. The third-order valence-electron chi connectivity index (χ3n) is 5.82. The van der Waals surface area contributed by atoms with Crippen LogP contribution in [0.25, 0.3) is 32.7 Å². The Balaban J connectivity index is 1.90. The highest BCUT2D eigenvalue weighted by Gasteiger charge is 2.30. The number of aromatic hydroxyl groups is 1.